The molecule has 1 aromatic carbocycles. The molecule has 1 aliphatic heterocycles. The van der Waals surface area contributed by atoms with Gasteiger partial charge in [-0.2, -0.15) is 0 Å². The Kier molecular flexibility index (Phi) is 6.96. The van der Waals surface area contributed by atoms with E-state index in [2.05, 4.69) is 15.0 Å². The van der Waals surface area contributed by atoms with E-state index in [-0.39, 0.29) is 24.0 Å². The largest absolute Gasteiger partial charge is 0.493 e. The van der Waals surface area contributed by atoms with Gasteiger partial charge in [-0.05, 0) is 19.9 Å². The number of ether oxygens (including phenoxy) is 2. The molecule has 0 saturated carbocycles. The maximum absolute atomic E-state index is 12.5. The number of hydrogen-bond donors (Lipinski definition) is 2. The quantitative estimate of drug-likeness (QED) is 0.574. The van der Waals surface area contributed by atoms with Crippen LogP contribution in [-0.2, 0) is 31.4 Å². The Labute approximate surface area is 181 Å². The first-order chi connectivity index (χ1) is 14.7. The molecule has 0 bridgehead atoms. The molecule has 1 aromatic heterocycles. The predicted octanol–water partition coefficient (Wildman–Crippen LogP) is 0.969. The normalized spacial score (nSPS) is 16.7. The van der Waals surface area contributed by atoms with Crippen LogP contribution < -0.4 is 14.8 Å². The van der Waals surface area contributed by atoms with Crippen molar-refractivity contribution in [2.24, 2.45) is 7.05 Å². The van der Waals surface area contributed by atoms with Crippen LogP contribution in [0.25, 0.3) is 0 Å². The lowest BCUT2D eigenvalue weighted by atomic mass is 10.0. The van der Waals surface area contributed by atoms with Gasteiger partial charge in [-0.25, -0.2) is 18.1 Å². The molecule has 2 heterocycles. The van der Waals surface area contributed by atoms with Gasteiger partial charge in [0.2, 0.25) is 0 Å². The van der Waals surface area contributed by atoms with Gasteiger partial charge in [-0.1, -0.05) is 18.2 Å². The second-order valence-corrected chi connectivity index (χ2v) is 8.97. The number of benzene rings is 1. The third-order valence-electron chi connectivity index (χ3n) is 4.94. The molecule has 2 aromatic rings. The number of esters is 1. The van der Waals surface area contributed by atoms with Gasteiger partial charge < -0.3 is 19.4 Å². The fourth-order valence-electron chi connectivity index (χ4n) is 3.11. The van der Waals surface area contributed by atoms with Gasteiger partial charge in [0.25, 0.3) is 15.9 Å². The van der Waals surface area contributed by atoms with Crippen LogP contribution in [0, 0.1) is 6.92 Å². The number of fused-ring (bicyclic) bond motifs is 1. The molecule has 2 N–H and O–H groups in total. The topological polar surface area (TPSA) is 129 Å². The zero-order chi connectivity index (χ0) is 22.6. The Morgan fingerprint density at radius 3 is 2.81 bits per heavy atom. The first-order valence-corrected chi connectivity index (χ1v) is 11.4. The SMILES string of the molecule is Cc1nc(S(=O)(=O)NCCC(=O)OC(C)C(=O)NC2CCOc3ccccc32)cn1C. The van der Waals surface area contributed by atoms with Gasteiger partial charge >= 0.3 is 5.97 Å². The van der Waals surface area contributed by atoms with Gasteiger partial charge in [0.15, 0.2) is 11.1 Å². The smallest absolute Gasteiger partial charge is 0.307 e. The van der Waals surface area contributed by atoms with E-state index in [1.54, 1.807) is 18.5 Å². The molecule has 0 aliphatic carbocycles. The van der Waals surface area contributed by atoms with Crippen molar-refractivity contribution < 1.29 is 27.5 Å². The zero-order valence-electron chi connectivity index (χ0n) is 17.6. The molecule has 3 rings (SSSR count). The molecule has 11 heteroatoms. The first kappa shape index (κ1) is 22.8. The molecule has 10 nitrogen and oxygen atoms in total. The molecule has 0 radical (unpaired) electrons. The number of rotatable bonds is 8. The van der Waals surface area contributed by atoms with Gasteiger partial charge in [-0.3, -0.25) is 9.59 Å². The highest BCUT2D eigenvalue weighted by atomic mass is 32.2. The summed E-state index contributed by atoms with van der Waals surface area (Å²) in [6, 6.07) is 7.21. The molecule has 31 heavy (non-hydrogen) atoms. The minimum Gasteiger partial charge on any atom is -0.493 e. The molecule has 2 unspecified atom stereocenters. The summed E-state index contributed by atoms with van der Waals surface area (Å²) in [5.41, 5.74) is 0.875. The van der Waals surface area contributed by atoms with E-state index in [1.165, 1.54) is 13.1 Å². The molecule has 0 fully saturated rings. The van der Waals surface area contributed by atoms with Crippen LogP contribution in [0.3, 0.4) is 0 Å². The summed E-state index contributed by atoms with van der Waals surface area (Å²) in [5.74, 6) is 0.153. The highest BCUT2D eigenvalue weighted by Gasteiger charge is 2.26. The molecular formula is C20H26N4O6S. The maximum atomic E-state index is 12.5. The van der Waals surface area contributed by atoms with Crippen LogP contribution in [0.4, 0.5) is 0 Å². The van der Waals surface area contributed by atoms with Crippen molar-refractivity contribution in [2.45, 2.75) is 43.9 Å². The molecule has 1 amide bonds. The molecule has 0 saturated heterocycles. The third-order valence-corrected chi connectivity index (χ3v) is 6.27. The number of carbonyl (C=O) groups excluding carboxylic acids is 2. The Hall–Kier alpha value is -2.92. The Morgan fingerprint density at radius 2 is 2.10 bits per heavy atom. The minimum atomic E-state index is -3.83. The van der Waals surface area contributed by atoms with E-state index in [4.69, 9.17) is 9.47 Å². The highest BCUT2D eigenvalue weighted by Crippen LogP contribution is 2.31. The van der Waals surface area contributed by atoms with Crippen molar-refractivity contribution in [3.8, 4) is 5.75 Å². The summed E-state index contributed by atoms with van der Waals surface area (Å²) in [6.07, 6.45) is 0.759. The van der Waals surface area contributed by atoms with E-state index in [1.807, 2.05) is 24.3 Å². The number of carbonyl (C=O) groups is 2. The van der Waals surface area contributed by atoms with E-state index < -0.39 is 28.0 Å². The standard InChI is InChI=1S/C20H26N4O6S/c1-13(20(26)23-16-9-11-29-17-7-5-4-6-15(16)17)30-19(25)8-10-21-31(27,28)18-12-24(3)14(2)22-18/h4-7,12-13,16,21H,8-11H2,1-3H3,(H,23,26). The van der Waals surface area contributed by atoms with Crippen LogP contribution in [-0.4, -0.2) is 49.1 Å². The van der Waals surface area contributed by atoms with Gasteiger partial charge in [0, 0.05) is 31.8 Å². The fourth-order valence-corrected chi connectivity index (χ4v) is 4.18. The summed E-state index contributed by atoms with van der Waals surface area (Å²) >= 11 is 0. The number of nitrogens with one attached hydrogen (secondary N) is 2. The van der Waals surface area contributed by atoms with Crippen LogP contribution in [0.5, 0.6) is 5.75 Å². The summed E-state index contributed by atoms with van der Waals surface area (Å²) in [7, 11) is -2.15. The fraction of sp³-hybridized carbons (Fsp3) is 0.450. The maximum Gasteiger partial charge on any atom is 0.307 e. The number of para-hydroxylation sites is 1. The average Bonchev–Trinajstić information content (AvgIpc) is 3.07. The number of amides is 1. The molecular weight excluding hydrogens is 424 g/mol. The highest BCUT2D eigenvalue weighted by molar-refractivity contribution is 7.89. The van der Waals surface area contributed by atoms with Crippen molar-refractivity contribution in [3.63, 3.8) is 0 Å². The first-order valence-electron chi connectivity index (χ1n) is 9.88. The van der Waals surface area contributed by atoms with E-state index in [0.717, 1.165) is 11.3 Å². The Balaban J connectivity index is 1.46. The lowest BCUT2D eigenvalue weighted by molar-refractivity contribution is -0.155. The molecule has 0 spiro atoms. The van der Waals surface area contributed by atoms with E-state index in [0.29, 0.717) is 18.9 Å². The van der Waals surface area contributed by atoms with Crippen molar-refractivity contribution in [3.05, 3.63) is 41.9 Å². The van der Waals surface area contributed by atoms with Gasteiger partial charge in [-0.15, -0.1) is 0 Å². The van der Waals surface area contributed by atoms with Gasteiger partial charge in [0.05, 0.1) is 19.1 Å². The summed E-state index contributed by atoms with van der Waals surface area (Å²) < 4.78 is 39.0. The Bertz CT molecular complexity index is 1050. The number of aromatic nitrogens is 2. The van der Waals surface area contributed by atoms with Crippen LogP contribution >= 0.6 is 0 Å². The number of hydrogen-bond acceptors (Lipinski definition) is 7. The predicted molar refractivity (Wildman–Crippen MR) is 111 cm³/mol. The lowest BCUT2D eigenvalue weighted by Gasteiger charge is -2.27. The van der Waals surface area contributed by atoms with Gasteiger partial charge in [0.1, 0.15) is 11.6 Å². The van der Waals surface area contributed by atoms with Crippen LogP contribution in [0.15, 0.2) is 35.5 Å². The van der Waals surface area contributed by atoms with E-state index >= 15 is 0 Å². The average molecular weight is 451 g/mol. The number of imidazole rings is 1. The van der Waals surface area contributed by atoms with Crippen LogP contribution in [0.1, 0.15) is 37.2 Å². The minimum absolute atomic E-state index is 0.120. The van der Waals surface area contributed by atoms with Crippen LogP contribution in [0.2, 0.25) is 0 Å². The summed E-state index contributed by atoms with van der Waals surface area (Å²) in [4.78, 5) is 28.5. The third kappa shape index (κ3) is 5.61. The summed E-state index contributed by atoms with van der Waals surface area (Å²) in [6.45, 7) is 3.46. The van der Waals surface area contributed by atoms with Crippen molar-refractivity contribution in [2.75, 3.05) is 13.2 Å². The zero-order valence-corrected chi connectivity index (χ0v) is 18.4. The van der Waals surface area contributed by atoms with Crippen molar-refractivity contribution in [1.82, 2.24) is 19.6 Å². The van der Waals surface area contributed by atoms with E-state index in [9.17, 15) is 18.0 Å². The molecule has 2 atom stereocenters. The monoisotopic (exact) mass is 450 g/mol. The van der Waals surface area contributed by atoms with Crippen molar-refractivity contribution in [1.29, 1.82) is 0 Å². The van der Waals surface area contributed by atoms with Crippen molar-refractivity contribution >= 4 is 21.9 Å². The molecule has 1 aliphatic rings. The number of nitrogens with zero attached hydrogens (tertiary/aromatic N) is 2. The second kappa shape index (κ2) is 9.48. The molecule has 168 valence electrons. The Morgan fingerprint density at radius 1 is 1.35 bits per heavy atom. The number of aryl methyl sites for hydroxylation is 2. The lowest BCUT2D eigenvalue weighted by Crippen LogP contribution is -2.40. The summed E-state index contributed by atoms with van der Waals surface area (Å²) in [5, 5.41) is 2.75. The number of sulfonamides is 1. The second-order valence-electron chi connectivity index (χ2n) is 7.25.